The molecule has 0 atom stereocenters. The van der Waals surface area contributed by atoms with Gasteiger partial charge in [-0.15, -0.1) is 0 Å². The average molecular weight is 522 g/mol. The van der Waals surface area contributed by atoms with Crippen LogP contribution in [-0.2, 0) is 10.0 Å². The number of ether oxygens (including phenoxy) is 1. The van der Waals surface area contributed by atoms with Crippen molar-refractivity contribution in [2.24, 2.45) is 4.99 Å². The van der Waals surface area contributed by atoms with Gasteiger partial charge in [-0.2, -0.15) is 10.2 Å². The van der Waals surface area contributed by atoms with E-state index in [0.29, 0.717) is 22.9 Å². The Kier molecular flexibility index (Phi) is 7.35. The topological polar surface area (TPSA) is 106 Å². The van der Waals surface area contributed by atoms with E-state index in [4.69, 9.17) is 4.74 Å². The normalized spacial score (nSPS) is 11.7. The van der Waals surface area contributed by atoms with E-state index in [0.717, 1.165) is 28.8 Å². The van der Waals surface area contributed by atoms with Crippen LogP contribution >= 0.6 is 0 Å². The van der Waals surface area contributed by atoms with Crippen molar-refractivity contribution in [1.29, 1.82) is 0 Å². The summed E-state index contributed by atoms with van der Waals surface area (Å²) in [5.41, 5.74) is 4.25. The molecule has 0 fully saturated rings. The second-order valence-electron chi connectivity index (χ2n) is 7.68. The molecule has 2 aromatic carbocycles. The summed E-state index contributed by atoms with van der Waals surface area (Å²) in [6.07, 6.45) is 6.64. The largest absolute Gasteiger partial charge is 0.480 e. The molecule has 0 aliphatic carbocycles. The summed E-state index contributed by atoms with van der Waals surface area (Å²) < 4.78 is 60.7. The molecule has 0 amide bonds. The van der Waals surface area contributed by atoms with Crippen LogP contribution in [0.5, 0.6) is 5.88 Å². The second-order valence-corrected chi connectivity index (χ2v) is 9.34. The Morgan fingerprint density at radius 3 is 2.51 bits per heavy atom. The summed E-state index contributed by atoms with van der Waals surface area (Å²) in [5.74, 6) is -2.15. The Morgan fingerprint density at radius 1 is 1.05 bits per heavy atom. The monoisotopic (exact) mass is 521 g/mol. The van der Waals surface area contributed by atoms with Crippen molar-refractivity contribution < 1.29 is 21.9 Å². The van der Waals surface area contributed by atoms with Crippen LogP contribution < -0.4 is 9.46 Å². The maximum Gasteiger partial charge on any atom is 0.264 e. The minimum absolute atomic E-state index is 0.0270. The molecule has 1 N–H and O–H groups in total. The first-order chi connectivity index (χ1) is 17.8. The number of hydrogen-bond acceptors (Lipinski definition) is 7. The molecule has 0 bridgehead atoms. The van der Waals surface area contributed by atoms with E-state index in [1.54, 1.807) is 24.5 Å². The quantitative estimate of drug-likeness (QED) is 0.311. The van der Waals surface area contributed by atoms with Gasteiger partial charge >= 0.3 is 0 Å². The molecule has 0 aliphatic rings. The fourth-order valence-corrected chi connectivity index (χ4v) is 4.84. The third-order valence-corrected chi connectivity index (χ3v) is 6.85. The molecular formula is C26H21F2N5O3S. The molecule has 0 spiro atoms. The molecule has 188 valence electrons. The summed E-state index contributed by atoms with van der Waals surface area (Å²) in [6, 6.07) is 10.9. The van der Waals surface area contributed by atoms with E-state index in [1.165, 1.54) is 19.4 Å². The van der Waals surface area contributed by atoms with Crippen LogP contribution in [0.1, 0.15) is 18.1 Å². The summed E-state index contributed by atoms with van der Waals surface area (Å²) >= 11 is 0. The fourth-order valence-electron chi connectivity index (χ4n) is 3.74. The number of aliphatic imine (C=N–C) groups is 1. The standard InChI is InChI=1S/C26H21F2N5O3S/c1-4-20(17-9-10-31-32-15-17)21-11-16(5-7-23(21)29-2)18-12-24(26(36-3)30-14-18)33-37(34,35)25-8-6-19(27)13-22(25)28/h4-15,33H,2H2,1,3H3/b20-4-. The number of pyridine rings is 1. The summed E-state index contributed by atoms with van der Waals surface area (Å²) in [5, 5.41) is 7.76. The smallest absolute Gasteiger partial charge is 0.264 e. The number of sulfonamides is 1. The zero-order valence-corrected chi connectivity index (χ0v) is 20.6. The minimum Gasteiger partial charge on any atom is -0.480 e. The third kappa shape index (κ3) is 5.36. The lowest BCUT2D eigenvalue weighted by Crippen LogP contribution is -2.15. The average Bonchev–Trinajstić information content (AvgIpc) is 2.89. The number of benzene rings is 2. The van der Waals surface area contributed by atoms with Gasteiger partial charge in [0.15, 0.2) is 0 Å². The van der Waals surface area contributed by atoms with Gasteiger partial charge in [-0.1, -0.05) is 12.1 Å². The molecule has 37 heavy (non-hydrogen) atoms. The first kappa shape index (κ1) is 25.6. The Balaban J connectivity index is 1.78. The highest BCUT2D eigenvalue weighted by atomic mass is 32.2. The highest BCUT2D eigenvalue weighted by molar-refractivity contribution is 7.92. The van der Waals surface area contributed by atoms with Gasteiger partial charge in [0, 0.05) is 29.0 Å². The number of aromatic nitrogens is 3. The maximum atomic E-state index is 14.2. The third-order valence-electron chi connectivity index (χ3n) is 5.45. The molecule has 11 heteroatoms. The number of halogens is 2. The molecule has 4 aromatic rings. The van der Waals surface area contributed by atoms with E-state index < -0.39 is 26.6 Å². The van der Waals surface area contributed by atoms with Crippen molar-refractivity contribution in [1.82, 2.24) is 15.2 Å². The van der Waals surface area contributed by atoms with Crippen molar-refractivity contribution in [3.8, 4) is 17.0 Å². The van der Waals surface area contributed by atoms with Gasteiger partial charge in [-0.05, 0) is 61.2 Å². The molecule has 0 saturated heterocycles. The SMILES string of the molecule is C=Nc1ccc(-c2cnc(OC)c(NS(=O)(=O)c3ccc(F)cc3F)c2)cc1/C(=C\C)c1ccnnc1. The lowest BCUT2D eigenvalue weighted by molar-refractivity contribution is 0.400. The number of methoxy groups -OCH3 is 1. The maximum absolute atomic E-state index is 14.2. The number of hydrogen-bond donors (Lipinski definition) is 1. The van der Waals surface area contributed by atoms with Crippen LogP contribution in [0, 0.1) is 11.6 Å². The zero-order chi connectivity index (χ0) is 26.6. The molecule has 0 aliphatic heterocycles. The molecule has 2 aromatic heterocycles. The van der Waals surface area contributed by atoms with Gasteiger partial charge in [-0.3, -0.25) is 9.71 Å². The Labute approximate surface area is 212 Å². The van der Waals surface area contributed by atoms with Gasteiger partial charge in [0.1, 0.15) is 22.2 Å². The predicted molar refractivity (Wildman–Crippen MR) is 137 cm³/mol. The zero-order valence-electron chi connectivity index (χ0n) is 19.8. The Morgan fingerprint density at radius 2 is 1.86 bits per heavy atom. The van der Waals surface area contributed by atoms with Crippen LogP contribution in [0.15, 0.2) is 83.1 Å². The summed E-state index contributed by atoms with van der Waals surface area (Å²) in [6.45, 7) is 5.54. The number of nitrogens with zero attached hydrogens (tertiary/aromatic N) is 4. The van der Waals surface area contributed by atoms with E-state index in [1.807, 2.05) is 25.1 Å². The van der Waals surface area contributed by atoms with Crippen molar-refractivity contribution >= 4 is 33.7 Å². The van der Waals surface area contributed by atoms with E-state index >= 15 is 0 Å². The Bertz CT molecular complexity index is 1610. The van der Waals surface area contributed by atoms with Gasteiger partial charge < -0.3 is 4.74 Å². The molecule has 8 nitrogen and oxygen atoms in total. The number of rotatable bonds is 8. The first-order valence-electron chi connectivity index (χ1n) is 10.8. The van der Waals surface area contributed by atoms with E-state index in [9.17, 15) is 17.2 Å². The van der Waals surface area contributed by atoms with Crippen molar-refractivity contribution in [3.63, 3.8) is 0 Å². The van der Waals surface area contributed by atoms with Crippen molar-refractivity contribution in [3.05, 3.63) is 96.0 Å². The van der Waals surface area contributed by atoms with Gasteiger partial charge in [0.2, 0.25) is 5.88 Å². The van der Waals surface area contributed by atoms with Crippen LogP contribution in [-0.4, -0.2) is 37.4 Å². The number of anilines is 1. The van der Waals surface area contributed by atoms with E-state index in [-0.39, 0.29) is 11.6 Å². The van der Waals surface area contributed by atoms with Crippen molar-refractivity contribution in [2.75, 3.05) is 11.8 Å². The minimum atomic E-state index is -4.42. The second kappa shape index (κ2) is 10.6. The lowest BCUT2D eigenvalue weighted by atomic mass is 9.94. The van der Waals surface area contributed by atoms with Gasteiger partial charge in [0.25, 0.3) is 10.0 Å². The lowest BCUT2D eigenvalue weighted by Gasteiger charge is -2.15. The fraction of sp³-hybridized carbons (Fsp3) is 0.0769. The van der Waals surface area contributed by atoms with Crippen LogP contribution in [0.2, 0.25) is 0 Å². The van der Waals surface area contributed by atoms with Crippen LogP contribution in [0.3, 0.4) is 0 Å². The van der Waals surface area contributed by atoms with Gasteiger partial charge in [-0.25, -0.2) is 22.2 Å². The molecule has 0 radical (unpaired) electrons. The summed E-state index contributed by atoms with van der Waals surface area (Å²) in [7, 11) is -3.10. The first-order valence-corrected chi connectivity index (χ1v) is 12.3. The molecule has 4 rings (SSSR count). The van der Waals surface area contributed by atoms with Crippen LogP contribution in [0.4, 0.5) is 20.2 Å². The highest BCUT2D eigenvalue weighted by Crippen LogP contribution is 2.36. The molecule has 2 heterocycles. The van der Waals surface area contributed by atoms with Crippen LogP contribution in [0.25, 0.3) is 16.7 Å². The Hall–Kier alpha value is -4.51. The molecule has 0 saturated carbocycles. The number of nitrogens with one attached hydrogen (secondary N) is 1. The molecule has 0 unspecified atom stereocenters. The number of allylic oxidation sites excluding steroid dienone is 1. The molecular weight excluding hydrogens is 500 g/mol. The van der Waals surface area contributed by atoms with Crippen molar-refractivity contribution in [2.45, 2.75) is 11.8 Å². The highest BCUT2D eigenvalue weighted by Gasteiger charge is 2.22. The summed E-state index contributed by atoms with van der Waals surface area (Å²) in [4.78, 5) is 7.62. The van der Waals surface area contributed by atoms with Gasteiger partial charge in [0.05, 0.1) is 25.2 Å². The predicted octanol–water partition coefficient (Wildman–Crippen LogP) is 5.41. The van der Waals surface area contributed by atoms with E-state index in [2.05, 4.69) is 31.6 Å².